The molecular formula is C16H28N6. The number of nitrogens with two attached hydrogens (primary N) is 1. The fourth-order valence-electron chi connectivity index (χ4n) is 3.57. The third-order valence-electron chi connectivity index (χ3n) is 4.94. The van der Waals surface area contributed by atoms with Crippen molar-refractivity contribution < 1.29 is 0 Å². The Morgan fingerprint density at radius 2 is 1.91 bits per heavy atom. The van der Waals surface area contributed by atoms with E-state index in [0.29, 0.717) is 5.95 Å². The maximum atomic E-state index is 5.77. The first kappa shape index (κ1) is 15.5. The second kappa shape index (κ2) is 6.79. The molecule has 1 unspecified atom stereocenters. The molecule has 3 rings (SSSR count). The lowest BCUT2D eigenvalue weighted by molar-refractivity contribution is 0.124. The van der Waals surface area contributed by atoms with Gasteiger partial charge in [0.25, 0.3) is 0 Å². The maximum absolute atomic E-state index is 5.77. The molecule has 0 amide bonds. The van der Waals surface area contributed by atoms with E-state index in [0.717, 1.165) is 43.7 Å². The summed E-state index contributed by atoms with van der Waals surface area (Å²) in [7, 11) is 2.27. The molecular weight excluding hydrogens is 276 g/mol. The molecule has 3 heterocycles. The Bertz CT molecular complexity index is 477. The van der Waals surface area contributed by atoms with Gasteiger partial charge in [0.05, 0.1) is 0 Å². The topological polar surface area (TPSA) is 61.5 Å². The van der Waals surface area contributed by atoms with Gasteiger partial charge in [-0.05, 0) is 33.4 Å². The molecule has 1 aromatic rings. The zero-order valence-corrected chi connectivity index (χ0v) is 13.8. The smallest absolute Gasteiger partial charge is 0.222 e. The quantitative estimate of drug-likeness (QED) is 0.898. The predicted molar refractivity (Wildman–Crippen MR) is 90.1 cm³/mol. The first-order valence-electron chi connectivity index (χ1n) is 8.40. The Labute approximate surface area is 133 Å². The summed E-state index contributed by atoms with van der Waals surface area (Å²) in [5.74, 6) is 1.35. The number of hydrogen-bond acceptors (Lipinski definition) is 6. The summed E-state index contributed by atoms with van der Waals surface area (Å²) in [5, 5.41) is 0. The summed E-state index contributed by atoms with van der Waals surface area (Å²) in [5.41, 5.74) is 6.71. The van der Waals surface area contributed by atoms with E-state index in [-0.39, 0.29) is 0 Å². The molecule has 6 nitrogen and oxygen atoms in total. The molecule has 0 spiro atoms. The van der Waals surface area contributed by atoms with Crippen molar-refractivity contribution in [1.29, 1.82) is 0 Å². The van der Waals surface area contributed by atoms with E-state index in [1.54, 1.807) is 0 Å². The molecule has 2 fully saturated rings. The van der Waals surface area contributed by atoms with Crippen LogP contribution in [-0.2, 0) is 0 Å². The fourth-order valence-corrected chi connectivity index (χ4v) is 3.57. The van der Waals surface area contributed by atoms with Gasteiger partial charge in [0.2, 0.25) is 5.95 Å². The van der Waals surface area contributed by atoms with E-state index >= 15 is 0 Å². The molecule has 2 saturated heterocycles. The zero-order valence-electron chi connectivity index (χ0n) is 13.8. The van der Waals surface area contributed by atoms with Gasteiger partial charge < -0.3 is 15.5 Å². The highest BCUT2D eigenvalue weighted by Crippen LogP contribution is 2.19. The molecule has 0 aliphatic carbocycles. The number of nitrogens with zero attached hydrogens (tertiary/aromatic N) is 5. The monoisotopic (exact) mass is 304 g/mol. The highest BCUT2D eigenvalue weighted by molar-refractivity contribution is 5.43. The van der Waals surface area contributed by atoms with Crippen molar-refractivity contribution in [2.75, 3.05) is 56.9 Å². The molecule has 0 saturated carbocycles. The van der Waals surface area contributed by atoms with Crippen LogP contribution in [0.25, 0.3) is 0 Å². The Hall–Kier alpha value is -1.40. The van der Waals surface area contributed by atoms with Crippen LogP contribution < -0.4 is 10.6 Å². The van der Waals surface area contributed by atoms with Gasteiger partial charge in [-0.25, -0.2) is 4.98 Å². The number of piperazine rings is 1. The van der Waals surface area contributed by atoms with Gasteiger partial charge in [-0.2, -0.15) is 4.98 Å². The zero-order chi connectivity index (χ0) is 15.5. The van der Waals surface area contributed by atoms with Crippen LogP contribution in [0.2, 0.25) is 0 Å². The van der Waals surface area contributed by atoms with E-state index in [9.17, 15) is 0 Å². The van der Waals surface area contributed by atoms with Crippen molar-refractivity contribution in [2.24, 2.45) is 0 Å². The number of piperidine rings is 1. The highest BCUT2D eigenvalue weighted by Gasteiger charge is 2.24. The third-order valence-corrected chi connectivity index (χ3v) is 4.94. The predicted octanol–water partition coefficient (Wildman–Crippen LogP) is 0.974. The van der Waals surface area contributed by atoms with Crippen molar-refractivity contribution in [3.63, 3.8) is 0 Å². The number of likely N-dealkylation sites (N-methyl/N-ethyl adjacent to an activating group) is 1. The van der Waals surface area contributed by atoms with Gasteiger partial charge in [0.15, 0.2) is 0 Å². The molecule has 1 aromatic heterocycles. The highest BCUT2D eigenvalue weighted by atomic mass is 15.3. The minimum absolute atomic E-state index is 0.376. The van der Waals surface area contributed by atoms with E-state index in [1.165, 1.54) is 32.4 Å². The molecule has 122 valence electrons. The molecule has 2 N–H and O–H groups in total. The first-order chi connectivity index (χ1) is 10.6. The van der Waals surface area contributed by atoms with Crippen molar-refractivity contribution in [3.05, 3.63) is 11.8 Å². The van der Waals surface area contributed by atoms with Crippen LogP contribution in [0.3, 0.4) is 0 Å². The number of anilines is 2. The molecule has 6 heteroatoms. The second-order valence-corrected chi connectivity index (χ2v) is 6.64. The van der Waals surface area contributed by atoms with Gasteiger partial charge in [0.1, 0.15) is 5.82 Å². The summed E-state index contributed by atoms with van der Waals surface area (Å²) in [4.78, 5) is 16.0. The van der Waals surface area contributed by atoms with Gasteiger partial charge in [-0.15, -0.1) is 0 Å². The maximum Gasteiger partial charge on any atom is 0.222 e. The average Bonchev–Trinajstić information content (AvgIpc) is 2.49. The second-order valence-electron chi connectivity index (χ2n) is 6.64. The number of likely N-dealkylation sites (tertiary alicyclic amines) is 1. The largest absolute Gasteiger partial charge is 0.368 e. The van der Waals surface area contributed by atoms with Gasteiger partial charge >= 0.3 is 0 Å². The lowest BCUT2D eigenvalue weighted by atomic mass is 10.0. The Kier molecular flexibility index (Phi) is 4.78. The fraction of sp³-hybridized carbons (Fsp3) is 0.750. The van der Waals surface area contributed by atoms with Gasteiger partial charge in [-0.3, -0.25) is 4.90 Å². The Balaban J connectivity index is 1.53. The van der Waals surface area contributed by atoms with Crippen molar-refractivity contribution in [3.8, 4) is 0 Å². The molecule has 0 radical (unpaired) electrons. The van der Waals surface area contributed by atoms with Crippen LogP contribution in [0, 0.1) is 6.92 Å². The van der Waals surface area contributed by atoms with Crippen LogP contribution in [0.4, 0.5) is 11.8 Å². The van der Waals surface area contributed by atoms with E-state index < -0.39 is 0 Å². The normalized spacial score (nSPS) is 24.6. The molecule has 1 atom stereocenters. The molecule has 2 aliphatic heterocycles. The lowest BCUT2D eigenvalue weighted by Crippen LogP contribution is -2.52. The molecule has 22 heavy (non-hydrogen) atoms. The summed E-state index contributed by atoms with van der Waals surface area (Å²) in [6.45, 7) is 8.68. The van der Waals surface area contributed by atoms with Gasteiger partial charge in [-0.1, -0.05) is 6.42 Å². The molecule has 2 aliphatic rings. The number of aryl methyl sites for hydroxylation is 1. The molecule has 0 bridgehead atoms. The van der Waals surface area contributed by atoms with Crippen LogP contribution in [0.15, 0.2) is 6.07 Å². The van der Waals surface area contributed by atoms with Crippen LogP contribution in [0.5, 0.6) is 0 Å². The average molecular weight is 304 g/mol. The van der Waals surface area contributed by atoms with Crippen molar-refractivity contribution >= 4 is 11.8 Å². The summed E-state index contributed by atoms with van der Waals surface area (Å²) in [6, 6.07) is 2.76. The molecule has 0 aromatic carbocycles. The summed E-state index contributed by atoms with van der Waals surface area (Å²) in [6.07, 6.45) is 4.09. The summed E-state index contributed by atoms with van der Waals surface area (Å²) < 4.78 is 0. The first-order valence-corrected chi connectivity index (χ1v) is 8.40. The number of hydrogen-bond donors (Lipinski definition) is 1. The van der Waals surface area contributed by atoms with Crippen molar-refractivity contribution in [1.82, 2.24) is 19.8 Å². The summed E-state index contributed by atoms with van der Waals surface area (Å²) >= 11 is 0. The number of nitrogen functional groups attached to an aromatic ring is 1. The minimum Gasteiger partial charge on any atom is -0.368 e. The van der Waals surface area contributed by atoms with E-state index in [4.69, 9.17) is 5.73 Å². The lowest BCUT2D eigenvalue weighted by Gasteiger charge is -2.40. The van der Waals surface area contributed by atoms with Crippen LogP contribution >= 0.6 is 0 Å². The van der Waals surface area contributed by atoms with E-state index in [2.05, 4.69) is 31.7 Å². The van der Waals surface area contributed by atoms with Gasteiger partial charge in [0, 0.05) is 50.5 Å². The third kappa shape index (κ3) is 3.67. The van der Waals surface area contributed by atoms with Crippen molar-refractivity contribution in [2.45, 2.75) is 32.2 Å². The Morgan fingerprint density at radius 3 is 2.59 bits per heavy atom. The van der Waals surface area contributed by atoms with E-state index in [1.807, 2.05) is 13.0 Å². The van der Waals surface area contributed by atoms with Crippen LogP contribution in [-0.4, -0.2) is 72.1 Å². The number of rotatable bonds is 3. The number of aromatic nitrogens is 2. The minimum atomic E-state index is 0.376. The SMILES string of the molecule is Cc1cc(N2CCN(CC3CCCCN3C)CC2)nc(N)n1. The van der Waals surface area contributed by atoms with Crippen LogP contribution in [0.1, 0.15) is 25.0 Å². The standard InChI is InChI=1S/C16H28N6/c1-13-11-15(19-16(17)18-13)22-9-7-21(8-10-22)12-14-5-3-4-6-20(14)2/h11,14H,3-10,12H2,1-2H3,(H2,17,18,19). The Morgan fingerprint density at radius 1 is 1.14 bits per heavy atom.